The Hall–Kier alpha value is -2.76. The summed E-state index contributed by atoms with van der Waals surface area (Å²) in [5.74, 6) is -0.904. The number of nitrogens with zero attached hydrogens (tertiary/aromatic N) is 2. The maximum absolute atomic E-state index is 13.1. The summed E-state index contributed by atoms with van der Waals surface area (Å²) in [6.45, 7) is 0.475. The number of amides is 1. The number of sulfonamides is 1. The van der Waals surface area contributed by atoms with Gasteiger partial charge < -0.3 is 5.32 Å². The monoisotopic (exact) mass is 427 g/mol. The summed E-state index contributed by atoms with van der Waals surface area (Å²) in [4.78, 5) is 12.7. The lowest BCUT2D eigenvalue weighted by Crippen LogP contribution is -2.41. The van der Waals surface area contributed by atoms with Gasteiger partial charge >= 0.3 is 0 Å². The van der Waals surface area contributed by atoms with Gasteiger partial charge in [-0.25, -0.2) is 12.8 Å². The Morgan fingerprint density at radius 1 is 1.07 bits per heavy atom. The summed E-state index contributed by atoms with van der Waals surface area (Å²) >= 11 is 0. The zero-order chi connectivity index (χ0) is 21.4. The molecule has 2 aromatic carbocycles. The standard InChI is InChI=1S/C22H22FN3O3S/c23-18-3-7-20(8-4-18)30(28,29)26-13-9-16(10-14-26)21(27)25-19-5-1-17(2-6-19)22(15-24)11-12-22/h1-8,16H,9-14H2,(H,25,27). The van der Waals surface area contributed by atoms with E-state index in [1.807, 2.05) is 12.1 Å². The van der Waals surface area contributed by atoms with Gasteiger partial charge in [0.25, 0.3) is 0 Å². The highest BCUT2D eigenvalue weighted by molar-refractivity contribution is 7.89. The van der Waals surface area contributed by atoms with Crippen molar-refractivity contribution in [2.75, 3.05) is 18.4 Å². The molecule has 0 spiro atoms. The second-order valence-corrected chi connectivity index (χ2v) is 9.83. The molecule has 1 aliphatic carbocycles. The highest BCUT2D eigenvalue weighted by atomic mass is 32.2. The van der Waals surface area contributed by atoms with E-state index in [1.54, 1.807) is 12.1 Å². The van der Waals surface area contributed by atoms with E-state index in [2.05, 4.69) is 11.4 Å². The van der Waals surface area contributed by atoms with Gasteiger partial charge in [-0.05, 0) is 67.6 Å². The van der Waals surface area contributed by atoms with Gasteiger partial charge in [0.2, 0.25) is 15.9 Å². The van der Waals surface area contributed by atoms with Gasteiger partial charge in [0.1, 0.15) is 5.82 Å². The smallest absolute Gasteiger partial charge is 0.243 e. The van der Waals surface area contributed by atoms with E-state index in [4.69, 9.17) is 0 Å². The number of carbonyl (C=O) groups is 1. The number of hydrogen-bond donors (Lipinski definition) is 1. The summed E-state index contributed by atoms with van der Waals surface area (Å²) in [7, 11) is -3.69. The minimum Gasteiger partial charge on any atom is -0.326 e. The van der Waals surface area contributed by atoms with Crippen LogP contribution in [0.3, 0.4) is 0 Å². The summed E-state index contributed by atoms with van der Waals surface area (Å²) in [5, 5.41) is 12.2. The molecule has 2 fully saturated rings. The van der Waals surface area contributed by atoms with E-state index in [-0.39, 0.29) is 35.2 Å². The molecule has 0 radical (unpaired) electrons. The topological polar surface area (TPSA) is 90.3 Å². The number of hydrogen-bond acceptors (Lipinski definition) is 4. The molecule has 2 aromatic rings. The molecule has 2 aliphatic rings. The van der Waals surface area contributed by atoms with Crippen LogP contribution >= 0.6 is 0 Å². The highest BCUT2D eigenvalue weighted by Gasteiger charge is 2.44. The fourth-order valence-corrected chi connectivity index (χ4v) is 5.29. The number of anilines is 1. The lowest BCUT2D eigenvalue weighted by atomic mass is 9.96. The van der Waals surface area contributed by atoms with Crippen LogP contribution in [0, 0.1) is 23.1 Å². The van der Waals surface area contributed by atoms with Crippen molar-refractivity contribution in [2.24, 2.45) is 5.92 Å². The van der Waals surface area contributed by atoms with Crippen molar-refractivity contribution in [3.05, 3.63) is 59.9 Å². The molecule has 6 nitrogen and oxygen atoms in total. The Balaban J connectivity index is 1.34. The predicted molar refractivity (Wildman–Crippen MR) is 109 cm³/mol. The zero-order valence-corrected chi connectivity index (χ0v) is 17.2. The first-order valence-electron chi connectivity index (χ1n) is 9.92. The molecule has 8 heteroatoms. The maximum Gasteiger partial charge on any atom is 0.243 e. The van der Waals surface area contributed by atoms with Crippen molar-refractivity contribution in [1.29, 1.82) is 5.26 Å². The third-order valence-electron chi connectivity index (χ3n) is 5.95. The fraction of sp³-hybridized carbons (Fsp3) is 0.364. The van der Waals surface area contributed by atoms with Crippen LogP contribution < -0.4 is 5.32 Å². The van der Waals surface area contributed by atoms with Crippen LogP contribution in [-0.2, 0) is 20.2 Å². The maximum atomic E-state index is 13.1. The quantitative estimate of drug-likeness (QED) is 0.792. The van der Waals surface area contributed by atoms with Gasteiger partial charge in [-0.15, -0.1) is 0 Å². The molecule has 1 aliphatic heterocycles. The average Bonchev–Trinajstić information content (AvgIpc) is 3.56. The number of nitriles is 1. The Labute approximate surface area is 175 Å². The normalized spacial score (nSPS) is 19.1. The van der Waals surface area contributed by atoms with Crippen molar-refractivity contribution < 1.29 is 17.6 Å². The van der Waals surface area contributed by atoms with Crippen LogP contribution in [-0.4, -0.2) is 31.7 Å². The van der Waals surface area contributed by atoms with Crippen LogP contribution in [0.25, 0.3) is 0 Å². The number of rotatable bonds is 5. The molecular formula is C22H22FN3O3S. The lowest BCUT2D eigenvalue weighted by Gasteiger charge is -2.30. The molecule has 30 heavy (non-hydrogen) atoms. The first-order valence-corrected chi connectivity index (χ1v) is 11.4. The van der Waals surface area contributed by atoms with Crippen LogP contribution in [0.1, 0.15) is 31.2 Å². The number of piperidine rings is 1. The van der Waals surface area contributed by atoms with E-state index < -0.39 is 15.8 Å². The minimum absolute atomic E-state index is 0.0534. The molecule has 1 amide bonds. The molecule has 0 bridgehead atoms. The van der Waals surface area contributed by atoms with Crippen LogP contribution in [0.15, 0.2) is 53.4 Å². The van der Waals surface area contributed by atoms with Crippen molar-refractivity contribution >= 4 is 21.6 Å². The first-order chi connectivity index (χ1) is 14.3. The van der Waals surface area contributed by atoms with Crippen molar-refractivity contribution in [1.82, 2.24) is 4.31 Å². The number of halogens is 1. The van der Waals surface area contributed by atoms with Crippen LogP contribution in [0.4, 0.5) is 10.1 Å². The minimum atomic E-state index is -3.69. The summed E-state index contributed by atoms with van der Waals surface area (Å²) < 4.78 is 39.8. The van der Waals surface area contributed by atoms with E-state index in [0.717, 1.165) is 30.5 Å². The summed E-state index contributed by atoms with van der Waals surface area (Å²) in [5.41, 5.74) is 1.28. The average molecular weight is 428 g/mol. The van der Waals surface area contributed by atoms with Crippen molar-refractivity contribution in [3.63, 3.8) is 0 Å². The summed E-state index contributed by atoms with van der Waals surface area (Å²) in [6.07, 6.45) is 2.58. The molecule has 1 saturated carbocycles. The Morgan fingerprint density at radius 3 is 2.20 bits per heavy atom. The SMILES string of the molecule is N#CC1(c2ccc(NC(=O)C3CCN(S(=O)(=O)c4ccc(F)cc4)CC3)cc2)CC1. The van der Waals surface area contributed by atoms with Gasteiger partial charge in [0.05, 0.1) is 16.4 Å². The van der Waals surface area contributed by atoms with Crippen LogP contribution in [0.5, 0.6) is 0 Å². The molecule has 1 saturated heterocycles. The van der Waals surface area contributed by atoms with Gasteiger partial charge in [0.15, 0.2) is 0 Å². The number of nitrogens with one attached hydrogen (secondary N) is 1. The molecule has 0 aromatic heterocycles. The summed E-state index contributed by atoms with van der Waals surface area (Å²) in [6, 6.07) is 14.5. The van der Waals surface area contributed by atoms with Gasteiger partial charge in [-0.1, -0.05) is 12.1 Å². The third-order valence-corrected chi connectivity index (χ3v) is 7.86. The predicted octanol–water partition coefficient (Wildman–Crippen LogP) is 3.42. The van der Waals surface area contributed by atoms with Crippen LogP contribution in [0.2, 0.25) is 0 Å². The van der Waals surface area contributed by atoms with E-state index in [0.29, 0.717) is 18.5 Å². The molecule has 0 unspecified atom stereocenters. The number of benzene rings is 2. The Kier molecular flexibility index (Phi) is 5.35. The number of carbonyl (C=O) groups excluding carboxylic acids is 1. The Morgan fingerprint density at radius 2 is 1.67 bits per heavy atom. The second-order valence-electron chi connectivity index (χ2n) is 7.89. The van der Waals surface area contributed by atoms with Crippen molar-refractivity contribution in [2.45, 2.75) is 36.0 Å². The Bertz CT molecular complexity index is 1080. The van der Waals surface area contributed by atoms with Crippen molar-refractivity contribution in [3.8, 4) is 6.07 Å². The molecule has 0 atom stereocenters. The third kappa shape index (κ3) is 3.95. The fourth-order valence-electron chi connectivity index (χ4n) is 3.82. The molecule has 1 heterocycles. The van der Waals surface area contributed by atoms with Gasteiger partial charge in [-0.3, -0.25) is 4.79 Å². The largest absolute Gasteiger partial charge is 0.326 e. The molecule has 1 N–H and O–H groups in total. The van der Waals surface area contributed by atoms with Gasteiger partial charge in [0, 0.05) is 24.7 Å². The molecule has 4 rings (SSSR count). The van der Waals surface area contributed by atoms with E-state index in [9.17, 15) is 22.9 Å². The van der Waals surface area contributed by atoms with E-state index in [1.165, 1.54) is 16.4 Å². The first kappa shape index (κ1) is 20.5. The highest BCUT2D eigenvalue weighted by Crippen LogP contribution is 2.47. The zero-order valence-electron chi connectivity index (χ0n) is 16.3. The lowest BCUT2D eigenvalue weighted by molar-refractivity contribution is -0.120. The second kappa shape index (κ2) is 7.82. The molecular weight excluding hydrogens is 405 g/mol. The van der Waals surface area contributed by atoms with E-state index >= 15 is 0 Å². The van der Waals surface area contributed by atoms with Gasteiger partial charge in [-0.2, -0.15) is 9.57 Å². The molecule has 156 valence electrons.